The summed E-state index contributed by atoms with van der Waals surface area (Å²) in [5.41, 5.74) is 0. The molecule has 0 spiro atoms. The number of hydrogen-bond acceptors (Lipinski definition) is 6. The number of hydrogen-bond donors (Lipinski definition) is 4. The van der Waals surface area contributed by atoms with Crippen LogP contribution in [0.3, 0.4) is 0 Å². The number of allylic oxidation sites excluding steroid dienone is 11. The van der Waals surface area contributed by atoms with Crippen molar-refractivity contribution in [2.75, 3.05) is 13.2 Å². The van der Waals surface area contributed by atoms with Crippen LogP contribution in [0.1, 0.15) is 174 Å². The van der Waals surface area contributed by atoms with Crippen molar-refractivity contribution < 1.29 is 34.1 Å². The minimum absolute atomic E-state index is 0.128. The van der Waals surface area contributed by atoms with Gasteiger partial charge in [0.2, 0.25) is 11.8 Å². The van der Waals surface area contributed by atoms with E-state index in [-0.39, 0.29) is 30.9 Å². The van der Waals surface area contributed by atoms with Crippen molar-refractivity contribution in [1.29, 1.82) is 0 Å². The van der Waals surface area contributed by atoms with Crippen LogP contribution < -0.4 is 10.6 Å². The lowest BCUT2D eigenvalue weighted by Crippen LogP contribution is -2.47. The van der Waals surface area contributed by atoms with E-state index in [2.05, 4.69) is 91.3 Å². The Balaban J connectivity index is 4.12. The summed E-state index contributed by atoms with van der Waals surface area (Å²) in [7, 11) is 0. The predicted octanol–water partition coefficient (Wildman–Crippen LogP) is 10.7. The first-order valence-corrected chi connectivity index (χ1v) is 21.8. The molecule has 0 aromatic rings. The van der Waals surface area contributed by atoms with Gasteiger partial charge >= 0.3 is 11.9 Å². The molecular formula is C47H78N2O7. The van der Waals surface area contributed by atoms with E-state index >= 15 is 0 Å². The molecule has 56 heavy (non-hydrogen) atoms. The lowest BCUT2D eigenvalue weighted by Gasteiger charge is -2.15. The van der Waals surface area contributed by atoms with Crippen LogP contribution in [0.2, 0.25) is 0 Å². The van der Waals surface area contributed by atoms with Crippen molar-refractivity contribution in [3.63, 3.8) is 0 Å². The van der Waals surface area contributed by atoms with E-state index in [1.165, 1.54) is 44.9 Å². The molecule has 2 amide bonds. The highest BCUT2D eigenvalue weighted by molar-refractivity contribution is 5.87. The van der Waals surface area contributed by atoms with E-state index in [0.717, 1.165) is 96.3 Å². The number of rotatable bonds is 38. The number of amides is 2. The van der Waals surface area contributed by atoms with Crippen LogP contribution in [0.5, 0.6) is 0 Å². The first-order valence-electron chi connectivity index (χ1n) is 21.8. The third-order valence-corrected chi connectivity index (χ3v) is 9.17. The Morgan fingerprint density at radius 2 is 1.07 bits per heavy atom. The summed E-state index contributed by atoms with van der Waals surface area (Å²) >= 11 is 0. The minimum Gasteiger partial charge on any atom is -0.480 e. The first-order chi connectivity index (χ1) is 27.3. The summed E-state index contributed by atoms with van der Waals surface area (Å²) in [6.07, 6.45) is 51.0. The maximum Gasteiger partial charge on any atom is 0.328 e. The van der Waals surface area contributed by atoms with E-state index in [4.69, 9.17) is 14.9 Å². The molecule has 0 rings (SSSR count). The second-order valence-electron chi connectivity index (χ2n) is 14.4. The Bertz CT molecular complexity index is 1170. The average Bonchev–Trinajstić information content (AvgIpc) is 3.18. The molecule has 0 aliphatic rings. The molecule has 0 saturated heterocycles. The van der Waals surface area contributed by atoms with Crippen LogP contribution in [-0.2, 0) is 23.9 Å². The molecule has 2 atom stereocenters. The van der Waals surface area contributed by atoms with Gasteiger partial charge in [-0.2, -0.15) is 0 Å². The van der Waals surface area contributed by atoms with Gasteiger partial charge in [0, 0.05) is 12.8 Å². The van der Waals surface area contributed by atoms with Crippen molar-refractivity contribution in [3.8, 4) is 0 Å². The molecule has 9 heteroatoms. The molecule has 0 saturated carbocycles. The Morgan fingerprint density at radius 3 is 1.64 bits per heavy atom. The fourth-order valence-corrected chi connectivity index (χ4v) is 5.83. The Kier molecular flexibility index (Phi) is 38.2. The summed E-state index contributed by atoms with van der Waals surface area (Å²) in [6.45, 7) is 3.29. The van der Waals surface area contributed by atoms with Crippen LogP contribution in [0.4, 0.5) is 0 Å². The first kappa shape index (κ1) is 52.3. The molecule has 318 valence electrons. The Morgan fingerprint density at radius 1 is 0.571 bits per heavy atom. The van der Waals surface area contributed by atoms with Crippen molar-refractivity contribution in [3.05, 3.63) is 72.9 Å². The van der Waals surface area contributed by atoms with Crippen molar-refractivity contribution in [1.82, 2.24) is 10.6 Å². The lowest BCUT2D eigenvalue weighted by molar-refractivity contribution is -0.147. The van der Waals surface area contributed by atoms with Gasteiger partial charge < -0.3 is 25.6 Å². The van der Waals surface area contributed by atoms with Crippen LogP contribution in [-0.4, -0.2) is 59.3 Å². The second kappa shape index (κ2) is 40.9. The quantitative estimate of drug-likeness (QED) is 0.0277. The number of nitrogens with one attached hydrogen (secondary N) is 2. The van der Waals surface area contributed by atoms with Crippen molar-refractivity contribution >= 4 is 23.8 Å². The molecule has 4 N–H and O–H groups in total. The summed E-state index contributed by atoms with van der Waals surface area (Å²) in [6, 6.07) is -1.39. The van der Waals surface area contributed by atoms with E-state index in [1.54, 1.807) is 0 Å². The Hall–Kier alpha value is -3.72. The van der Waals surface area contributed by atoms with Gasteiger partial charge in [0.05, 0.1) is 13.2 Å². The maximum atomic E-state index is 12.7. The van der Waals surface area contributed by atoms with Crippen molar-refractivity contribution in [2.45, 2.75) is 187 Å². The summed E-state index contributed by atoms with van der Waals surface area (Å²) in [4.78, 5) is 47.4. The van der Waals surface area contributed by atoms with Gasteiger partial charge in [0.15, 0.2) is 0 Å². The zero-order valence-electron chi connectivity index (χ0n) is 35.1. The second-order valence-corrected chi connectivity index (χ2v) is 14.4. The number of unbranched alkanes of at least 4 members (excludes halogenated alkanes) is 14. The third-order valence-electron chi connectivity index (χ3n) is 9.17. The van der Waals surface area contributed by atoms with Gasteiger partial charge in [-0.25, -0.2) is 4.79 Å². The predicted molar refractivity (Wildman–Crippen MR) is 231 cm³/mol. The number of ether oxygens (including phenoxy) is 1. The number of aliphatic hydroxyl groups excluding tert-OH is 1. The summed E-state index contributed by atoms with van der Waals surface area (Å²) in [5, 5.41) is 22.5. The number of carbonyl (C=O) groups excluding carboxylic acids is 3. The van der Waals surface area contributed by atoms with Gasteiger partial charge in [0.1, 0.15) is 12.1 Å². The van der Waals surface area contributed by atoms with E-state index in [1.807, 2.05) is 6.08 Å². The monoisotopic (exact) mass is 783 g/mol. The molecule has 0 aromatic heterocycles. The highest BCUT2D eigenvalue weighted by Gasteiger charge is 2.18. The van der Waals surface area contributed by atoms with Gasteiger partial charge in [0.25, 0.3) is 0 Å². The topological polar surface area (TPSA) is 142 Å². The van der Waals surface area contributed by atoms with E-state index < -0.39 is 24.5 Å². The molecular weight excluding hydrogens is 705 g/mol. The van der Waals surface area contributed by atoms with Gasteiger partial charge in [-0.15, -0.1) is 0 Å². The Labute approximate surface area is 340 Å². The van der Waals surface area contributed by atoms with Crippen LogP contribution in [0, 0.1) is 0 Å². The molecule has 2 unspecified atom stereocenters. The fourth-order valence-electron chi connectivity index (χ4n) is 5.83. The molecule has 0 bridgehead atoms. The number of carbonyl (C=O) groups is 4. The number of aliphatic carboxylic acids is 1. The van der Waals surface area contributed by atoms with E-state index in [9.17, 15) is 19.2 Å². The van der Waals surface area contributed by atoms with Crippen molar-refractivity contribution in [2.24, 2.45) is 0 Å². The lowest BCUT2D eigenvalue weighted by atomic mass is 10.1. The molecule has 0 aliphatic heterocycles. The summed E-state index contributed by atoms with van der Waals surface area (Å²) in [5.74, 6) is -2.42. The molecule has 0 aromatic carbocycles. The minimum atomic E-state index is -1.39. The number of carboxylic acids is 1. The average molecular weight is 783 g/mol. The maximum absolute atomic E-state index is 12.7. The normalized spacial score (nSPS) is 13.2. The zero-order valence-corrected chi connectivity index (χ0v) is 35.1. The van der Waals surface area contributed by atoms with Gasteiger partial charge in [-0.05, 0) is 89.5 Å². The van der Waals surface area contributed by atoms with Gasteiger partial charge in [-0.3, -0.25) is 14.4 Å². The van der Waals surface area contributed by atoms with Crippen LogP contribution in [0.25, 0.3) is 0 Å². The number of esters is 1. The highest BCUT2D eigenvalue weighted by atomic mass is 16.5. The number of carboxylic acid groups (broad SMARTS) is 1. The van der Waals surface area contributed by atoms with Crippen LogP contribution in [0.15, 0.2) is 72.9 Å². The largest absolute Gasteiger partial charge is 0.480 e. The standard InChI is InChI=1S/C47H78N2O7/c1-3-5-7-9-11-12-13-14-15-16-17-18-19-20-21-22-23-24-25-26-27-29-35-39-46(53)56-42(36-32-28-10-8-6-4-2)37-33-30-31-34-38-44(51)48-40-45(52)49-43(41-50)47(54)55/h5,7,11-12,14-15,17-18,20-21,32,36,42-43,50H,3-4,6,8-10,13,16,19,22-31,33-35,37-41H2,1-2H3,(H,48,51)(H,49,52)(H,54,55)/b7-5-,12-11-,15-14-,18-17-,21-20-,36-32-. The molecule has 9 nitrogen and oxygen atoms in total. The number of aliphatic hydroxyl groups is 1. The third kappa shape index (κ3) is 37.2. The summed E-state index contributed by atoms with van der Waals surface area (Å²) < 4.78 is 5.88. The SMILES string of the molecule is CC/C=C\C/C=C\C/C=C\C/C=C\C/C=C\CCCCCCCCCC(=O)OC(/C=C\CCCCCC)CCCCCCC(=O)NCC(=O)NC(CO)C(=O)O. The molecule has 0 aliphatic carbocycles. The fraction of sp³-hybridized carbons (Fsp3) is 0.660. The molecule has 0 radical (unpaired) electrons. The van der Waals surface area contributed by atoms with E-state index in [0.29, 0.717) is 12.8 Å². The smallest absolute Gasteiger partial charge is 0.328 e. The molecule has 0 heterocycles. The highest BCUT2D eigenvalue weighted by Crippen LogP contribution is 2.15. The van der Waals surface area contributed by atoms with Crippen LogP contribution >= 0.6 is 0 Å². The zero-order chi connectivity index (χ0) is 41.2. The molecule has 0 fully saturated rings. The van der Waals surface area contributed by atoms with Gasteiger partial charge in [-0.1, -0.05) is 145 Å².